The third-order valence-corrected chi connectivity index (χ3v) is 3.01. The summed E-state index contributed by atoms with van der Waals surface area (Å²) in [6.07, 6.45) is 3.02. The zero-order chi connectivity index (χ0) is 14.4. The number of carbonyl (C=O) groups is 3. The van der Waals surface area contributed by atoms with Crippen LogP contribution in [0.1, 0.15) is 33.1 Å². The Morgan fingerprint density at radius 2 is 2.05 bits per heavy atom. The smallest absolute Gasteiger partial charge is 0.346 e. The second kappa shape index (κ2) is 7.08. The Kier molecular flexibility index (Phi) is 5.75. The lowest BCUT2D eigenvalue weighted by molar-refractivity contribution is -0.138. The van der Waals surface area contributed by atoms with Gasteiger partial charge in [-0.2, -0.15) is 5.01 Å². The van der Waals surface area contributed by atoms with E-state index in [0.29, 0.717) is 6.61 Å². The van der Waals surface area contributed by atoms with Gasteiger partial charge in [-0.1, -0.05) is 19.8 Å². The van der Waals surface area contributed by atoms with Gasteiger partial charge in [-0.15, -0.1) is 0 Å². The summed E-state index contributed by atoms with van der Waals surface area (Å²) in [6.45, 7) is 4.03. The molecule has 1 atom stereocenters. The van der Waals surface area contributed by atoms with Crippen molar-refractivity contribution in [3.63, 3.8) is 0 Å². The lowest BCUT2D eigenvalue weighted by Gasteiger charge is -2.14. The monoisotopic (exact) mass is 271 g/mol. The maximum atomic E-state index is 11.7. The lowest BCUT2D eigenvalue weighted by Crippen LogP contribution is -2.48. The average Bonchev–Trinajstić information content (AvgIpc) is 2.56. The van der Waals surface area contributed by atoms with Crippen LogP contribution in [0, 0.1) is 0 Å². The molecule has 0 radical (unpaired) electrons. The number of imide groups is 1. The number of rotatable bonds is 7. The van der Waals surface area contributed by atoms with Gasteiger partial charge in [0.05, 0.1) is 0 Å². The predicted molar refractivity (Wildman–Crippen MR) is 68.0 cm³/mol. The quantitative estimate of drug-likeness (QED) is 0.540. The summed E-state index contributed by atoms with van der Waals surface area (Å²) < 4.78 is 5.16. The maximum Gasteiger partial charge on any atom is 0.346 e. The minimum Gasteiger partial charge on any atom is -0.372 e. The molecular weight excluding hydrogens is 250 g/mol. The van der Waals surface area contributed by atoms with Crippen LogP contribution in [0.4, 0.5) is 4.79 Å². The molecule has 7 heteroatoms. The lowest BCUT2D eigenvalue weighted by atomic mass is 10.3. The van der Waals surface area contributed by atoms with E-state index in [1.54, 1.807) is 6.92 Å². The molecule has 0 bridgehead atoms. The van der Waals surface area contributed by atoms with Crippen molar-refractivity contribution >= 4 is 17.8 Å². The highest BCUT2D eigenvalue weighted by molar-refractivity contribution is 6.04. The third kappa shape index (κ3) is 3.92. The second-order valence-electron chi connectivity index (χ2n) is 4.54. The van der Waals surface area contributed by atoms with Crippen LogP contribution in [-0.2, 0) is 14.3 Å². The Balaban J connectivity index is 2.32. The van der Waals surface area contributed by atoms with Crippen molar-refractivity contribution in [3.8, 4) is 0 Å². The summed E-state index contributed by atoms with van der Waals surface area (Å²) in [5.41, 5.74) is 2.26. The number of amides is 4. The van der Waals surface area contributed by atoms with Crippen molar-refractivity contribution in [3.05, 3.63) is 0 Å². The van der Waals surface area contributed by atoms with Gasteiger partial charge in [0.2, 0.25) is 0 Å². The minimum absolute atomic E-state index is 0.154. The molecule has 0 aromatic rings. The predicted octanol–water partition coefficient (Wildman–Crippen LogP) is 0.507. The van der Waals surface area contributed by atoms with E-state index < -0.39 is 23.9 Å². The summed E-state index contributed by atoms with van der Waals surface area (Å²) in [4.78, 5) is 36.1. The molecule has 1 heterocycles. The molecule has 108 valence electrons. The Morgan fingerprint density at radius 1 is 1.37 bits per heavy atom. The van der Waals surface area contributed by atoms with Crippen LogP contribution in [0.5, 0.6) is 0 Å². The van der Waals surface area contributed by atoms with E-state index in [0.717, 1.165) is 24.3 Å². The van der Waals surface area contributed by atoms with Gasteiger partial charge in [0.25, 0.3) is 11.8 Å². The molecule has 1 aliphatic heterocycles. The standard InChI is InChI=1S/C12H21N3O4/c1-4-5-6-7-19-8-10(16)13-15-11(17)9(2)14(3)12(15)18/h9H,4-8H2,1-3H3,(H,13,16). The number of hydrazine groups is 1. The minimum atomic E-state index is -0.557. The van der Waals surface area contributed by atoms with E-state index in [2.05, 4.69) is 12.3 Å². The van der Waals surface area contributed by atoms with E-state index in [1.807, 2.05) is 0 Å². The van der Waals surface area contributed by atoms with Crippen LogP contribution < -0.4 is 5.43 Å². The summed E-state index contributed by atoms with van der Waals surface area (Å²) >= 11 is 0. The number of unbranched alkanes of at least 4 members (excludes halogenated alkanes) is 2. The van der Waals surface area contributed by atoms with E-state index in [-0.39, 0.29) is 6.61 Å². The molecule has 1 rings (SSSR count). The van der Waals surface area contributed by atoms with Gasteiger partial charge in [-0.3, -0.25) is 15.0 Å². The van der Waals surface area contributed by atoms with Crippen LogP contribution in [0.15, 0.2) is 0 Å². The van der Waals surface area contributed by atoms with Crippen molar-refractivity contribution in [2.75, 3.05) is 20.3 Å². The Bertz CT molecular complexity index is 339. The van der Waals surface area contributed by atoms with Gasteiger partial charge in [-0.05, 0) is 13.3 Å². The fourth-order valence-corrected chi connectivity index (χ4v) is 1.65. The van der Waals surface area contributed by atoms with Crippen molar-refractivity contribution in [2.45, 2.75) is 39.2 Å². The number of nitrogens with zero attached hydrogens (tertiary/aromatic N) is 2. The van der Waals surface area contributed by atoms with E-state index in [9.17, 15) is 14.4 Å². The molecule has 1 saturated heterocycles. The fraction of sp³-hybridized carbons (Fsp3) is 0.750. The zero-order valence-electron chi connectivity index (χ0n) is 11.6. The number of urea groups is 1. The largest absolute Gasteiger partial charge is 0.372 e. The molecule has 1 unspecified atom stereocenters. The Morgan fingerprint density at radius 3 is 2.58 bits per heavy atom. The molecule has 0 saturated carbocycles. The average molecular weight is 271 g/mol. The molecule has 0 aromatic carbocycles. The SMILES string of the molecule is CCCCCOCC(=O)NN1C(=O)C(C)N(C)C1=O. The third-order valence-electron chi connectivity index (χ3n) is 3.01. The van der Waals surface area contributed by atoms with Crippen LogP contribution in [0.2, 0.25) is 0 Å². The van der Waals surface area contributed by atoms with Crippen molar-refractivity contribution < 1.29 is 19.1 Å². The molecule has 0 spiro atoms. The van der Waals surface area contributed by atoms with E-state index in [4.69, 9.17) is 4.74 Å². The van der Waals surface area contributed by atoms with Gasteiger partial charge in [-0.25, -0.2) is 4.79 Å². The normalized spacial score (nSPS) is 19.2. The first-order valence-corrected chi connectivity index (χ1v) is 6.47. The van der Waals surface area contributed by atoms with Crippen LogP contribution in [0.25, 0.3) is 0 Å². The first kappa shape index (κ1) is 15.4. The number of hydrogen-bond donors (Lipinski definition) is 1. The van der Waals surface area contributed by atoms with Gasteiger partial charge in [0.1, 0.15) is 12.6 Å². The highest BCUT2D eigenvalue weighted by atomic mass is 16.5. The topological polar surface area (TPSA) is 79.0 Å². The molecule has 1 fully saturated rings. The number of nitrogens with one attached hydrogen (secondary N) is 1. The second-order valence-corrected chi connectivity index (χ2v) is 4.54. The highest BCUT2D eigenvalue weighted by Gasteiger charge is 2.41. The Hall–Kier alpha value is -1.63. The van der Waals surface area contributed by atoms with Gasteiger partial charge < -0.3 is 9.64 Å². The number of ether oxygens (including phenoxy) is 1. The van der Waals surface area contributed by atoms with Crippen LogP contribution >= 0.6 is 0 Å². The van der Waals surface area contributed by atoms with E-state index >= 15 is 0 Å². The molecule has 7 nitrogen and oxygen atoms in total. The zero-order valence-corrected chi connectivity index (χ0v) is 11.6. The molecule has 0 aromatic heterocycles. The van der Waals surface area contributed by atoms with E-state index in [1.165, 1.54) is 11.9 Å². The van der Waals surface area contributed by atoms with Gasteiger partial charge in [0.15, 0.2) is 0 Å². The number of likely N-dealkylation sites (N-methyl/N-ethyl adjacent to an activating group) is 1. The summed E-state index contributed by atoms with van der Waals surface area (Å²) in [5, 5.41) is 0.738. The van der Waals surface area contributed by atoms with Gasteiger partial charge in [0, 0.05) is 13.7 Å². The molecular formula is C12H21N3O4. The number of carbonyl (C=O) groups excluding carboxylic acids is 3. The summed E-state index contributed by atoms with van der Waals surface area (Å²) in [5.74, 6) is -0.937. The van der Waals surface area contributed by atoms with Gasteiger partial charge >= 0.3 is 6.03 Å². The molecule has 0 aliphatic carbocycles. The molecule has 19 heavy (non-hydrogen) atoms. The molecule has 1 aliphatic rings. The van der Waals surface area contributed by atoms with Crippen LogP contribution in [0.3, 0.4) is 0 Å². The fourth-order valence-electron chi connectivity index (χ4n) is 1.65. The van der Waals surface area contributed by atoms with Crippen molar-refractivity contribution in [2.24, 2.45) is 0 Å². The number of hydrogen-bond acceptors (Lipinski definition) is 4. The first-order valence-electron chi connectivity index (χ1n) is 6.47. The molecule has 1 N–H and O–H groups in total. The first-order chi connectivity index (χ1) is 8.99. The summed E-state index contributed by atoms with van der Waals surface area (Å²) in [6, 6.07) is -1.09. The Labute approximate surface area is 112 Å². The summed E-state index contributed by atoms with van der Waals surface area (Å²) in [7, 11) is 1.51. The maximum absolute atomic E-state index is 11.7. The van der Waals surface area contributed by atoms with Crippen molar-refractivity contribution in [1.29, 1.82) is 0 Å². The van der Waals surface area contributed by atoms with Crippen LogP contribution in [-0.4, -0.2) is 54.1 Å². The van der Waals surface area contributed by atoms with Crippen molar-refractivity contribution in [1.82, 2.24) is 15.3 Å². The molecule has 4 amide bonds. The highest BCUT2D eigenvalue weighted by Crippen LogP contribution is 2.12.